The summed E-state index contributed by atoms with van der Waals surface area (Å²) in [7, 11) is 1.76. The topological polar surface area (TPSA) is 78.7 Å². The van der Waals surface area contributed by atoms with Crippen molar-refractivity contribution in [1.82, 2.24) is 10.6 Å². The Labute approximate surface area is 150 Å². The van der Waals surface area contributed by atoms with Gasteiger partial charge in [-0.25, -0.2) is 0 Å². The van der Waals surface area contributed by atoms with E-state index < -0.39 is 0 Å². The lowest BCUT2D eigenvalue weighted by molar-refractivity contribution is 0.0203. The van der Waals surface area contributed by atoms with Crippen LogP contribution in [0.4, 0.5) is 0 Å². The molecular formula is C19H28N4O2. The van der Waals surface area contributed by atoms with Gasteiger partial charge in [0, 0.05) is 46.6 Å². The van der Waals surface area contributed by atoms with Crippen molar-refractivity contribution in [2.45, 2.75) is 25.8 Å². The minimum absolute atomic E-state index is 0.656. The molecule has 2 N–H and O–H groups in total. The van der Waals surface area contributed by atoms with E-state index in [-0.39, 0.29) is 0 Å². The fourth-order valence-corrected chi connectivity index (χ4v) is 2.65. The normalized spacial score (nSPS) is 15.6. The molecule has 1 aliphatic rings. The van der Waals surface area contributed by atoms with Gasteiger partial charge in [0.1, 0.15) is 0 Å². The van der Waals surface area contributed by atoms with Gasteiger partial charge in [0.05, 0.1) is 11.6 Å². The molecule has 0 saturated carbocycles. The highest BCUT2D eigenvalue weighted by molar-refractivity contribution is 5.79. The first kappa shape index (κ1) is 19.2. The molecule has 136 valence electrons. The van der Waals surface area contributed by atoms with E-state index in [1.165, 1.54) is 0 Å². The SMILES string of the molecule is CN=C(NCCCOCC1CCOCC1)NCc1ccc(C#N)cc1. The van der Waals surface area contributed by atoms with E-state index in [9.17, 15) is 0 Å². The first-order valence-corrected chi connectivity index (χ1v) is 8.91. The van der Waals surface area contributed by atoms with E-state index >= 15 is 0 Å². The number of nitriles is 1. The molecule has 6 heteroatoms. The van der Waals surface area contributed by atoms with Gasteiger partial charge in [-0.1, -0.05) is 12.1 Å². The quantitative estimate of drug-likeness (QED) is 0.429. The number of hydrogen-bond acceptors (Lipinski definition) is 4. The van der Waals surface area contributed by atoms with Crippen molar-refractivity contribution >= 4 is 5.96 Å². The summed E-state index contributed by atoms with van der Waals surface area (Å²) in [5.41, 5.74) is 1.79. The fraction of sp³-hybridized carbons (Fsp3) is 0.579. The van der Waals surface area contributed by atoms with Crippen molar-refractivity contribution in [3.63, 3.8) is 0 Å². The lowest BCUT2D eigenvalue weighted by Gasteiger charge is -2.21. The first-order chi connectivity index (χ1) is 12.3. The van der Waals surface area contributed by atoms with Gasteiger partial charge in [-0.2, -0.15) is 5.26 Å². The molecule has 1 saturated heterocycles. The minimum Gasteiger partial charge on any atom is -0.381 e. The van der Waals surface area contributed by atoms with Crippen LogP contribution in [0, 0.1) is 17.2 Å². The van der Waals surface area contributed by atoms with Gasteiger partial charge < -0.3 is 20.1 Å². The molecule has 0 aliphatic carbocycles. The predicted molar refractivity (Wildman–Crippen MR) is 98.3 cm³/mol. The standard InChI is InChI=1S/C19H28N4O2/c1-21-19(23-14-17-5-3-16(13-20)4-6-17)22-9-2-10-25-15-18-7-11-24-12-8-18/h3-6,18H,2,7-12,14-15H2,1H3,(H2,21,22,23). The molecule has 2 rings (SSSR count). The van der Waals surface area contributed by atoms with E-state index in [4.69, 9.17) is 14.7 Å². The maximum Gasteiger partial charge on any atom is 0.191 e. The Bertz CT molecular complexity index is 560. The van der Waals surface area contributed by atoms with Crippen LogP contribution >= 0.6 is 0 Å². The monoisotopic (exact) mass is 344 g/mol. The van der Waals surface area contributed by atoms with Gasteiger partial charge in [0.25, 0.3) is 0 Å². The summed E-state index contributed by atoms with van der Waals surface area (Å²) in [4.78, 5) is 4.22. The smallest absolute Gasteiger partial charge is 0.191 e. The minimum atomic E-state index is 0.656. The van der Waals surface area contributed by atoms with E-state index in [2.05, 4.69) is 21.7 Å². The number of hydrogen-bond donors (Lipinski definition) is 2. The number of benzene rings is 1. The van der Waals surface area contributed by atoms with Crippen molar-refractivity contribution < 1.29 is 9.47 Å². The number of aliphatic imine (C=N–C) groups is 1. The van der Waals surface area contributed by atoms with Gasteiger partial charge in [0.2, 0.25) is 0 Å². The lowest BCUT2D eigenvalue weighted by Crippen LogP contribution is -2.37. The van der Waals surface area contributed by atoms with Crippen molar-refractivity contribution in [3.05, 3.63) is 35.4 Å². The summed E-state index contributed by atoms with van der Waals surface area (Å²) in [6.07, 6.45) is 3.18. The molecule has 0 unspecified atom stereocenters. The average molecular weight is 344 g/mol. The highest BCUT2D eigenvalue weighted by Crippen LogP contribution is 2.14. The van der Waals surface area contributed by atoms with E-state index in [1.54, 1.807) is 7.05 Å². The molecule has 1 aromatic carbocycles. The number of nitrogens with one attached hydrogen (secondary N) is 2. The van der Waals surface area contributed by atoms with Crippen LogP contribution in [0.5, 0.6) is 0 Å². The van der Waals surface area contributed by atoms with Crippen LogP contribution in [0.1, 0.15) is 30.4 Å². The summed E-state index contributed by atoms with van der Waals surface area (Å²) in [6.45, 7) is 4.84. The third-order valence-electron chi connectivity index (χ3n) is 4.22. The molecule has 0 aromatic heterocycles. The fourth-order valence-electron chi connectivity index (χ4n) is 2.65. The molecule has 25 heavy (non-hydrogen) atoms. The zero-order valence-electron chi connectivity index (χ0n) is 15.0. The highest BCUT2D eigenvalue weighted by atomic mass is 16.5. The van der Waals surface area contributed by atoms with Crippen LogP contribution in [-0.4, -0.2) is 46.0 Å². The Balaban J connectivity index is 1.54. The third-order valence-corrected chi connectivity index (χ3v) is 4.22. The van der Waals surface area contributed by atoms with E-state index in [0.29, 0.717) is 18.0 Å². The Kier molecular flexibility index (Phi) is 8.81. The number of nitrogens with zero attached hydrogens (tertiary/aromatic N) is 2. The van der Waals surface area contributed by atoms with E-state index in [1.807, 2.05) is 24.3 Å². The Morgan fingerprint density at radius 3 is 2.72 bits per heavy atom. The number of guanidine groups is 1. The largest absolute Gasteiger partial charge is 0.381 e. The summed E-state index contributed by atoms with van der Waals surface area (Å²) in [6, 6.07) is 9.66. The summed E-state index contributed by atoms with van der Waals surface area (Å²) in [5, 5.41) is 15.4. The van der Waals surface area contributed by atoms with Gasteiger partial charge in [-0.05, 0) is 42.9 Å². The van der Waals surface area contributed by atoms with Crippen LogP contribution in [0.25, 0.3) is 0 Å². The highest BCUT2D eigenvalue weighted by Gasteiger charge is 2.13. The molecule has 0 bridgehead atoms. The molecular weight excluding hydrogens is 316 g/mol. The Morgan fingerprint density at radius 2 is 2.04 bits per heavy atom. The second-order valence-corrected chi connectivity index (χ2v) is 6.15. The summed E-state index contributed by atoms with van der Waals surface area (Å²) < 4.78 is 11.1. The predicted octanol–water partition coefficient (Wildman–Crippen LogP) is 2.06. The van der Waals surface area contributed by atoms with Gasteiger partial charge in [-0.15, -0.1) is 0 Å². The Morgan fingerprint density at radius 1 is 1.28 bits per heavy atom. The van der Waals surface area contributed by atoms with Crippen molar-refractivity contribution in [2.24, 2.45) is 10.9 Å². The molecule has 0 radical (unpaired) electrons. The molecule has 6 nitrogen and oxygen atoms in total. The molecule has 1 aromatic rings. The summed E-state index contributed by atoms with van der Waals surface area (Å²) in [5.74, 6) is 1.43. The van der Waals surface area contributed by atoms with Crippen LogP contribution in [-0.2, 0) is 16.0 Å². The zero-order chi connectivity index (χ0) is 17.7. The van der Waals surface area contributed by atoms with Crippen LogP contribution in [0.3, 0.4) is 0 Å². The Hall–Kier alpha value is -2.10. The average Bonchev–Trinajstić information content (AvgIpc) is 2.68. The second kappa shape index (κ2) is 11.5. The zero-order valence-corrected chi connectivity index (χ0v) is 15.0. The first-order valence-electron chi connectivity index (χ1n) is 8.91. The van der Waals surface area contributed by atoms with Crippen molar-refractivity contribution in [1.29, 1.82) is 5.26 Å². The van der Waals surface area contributed by atoms with Crippen LogP contribution in [0.2, 0.25) is 0 Å². The molecule has 1 aliphatic heterocycles. The van der Waals surface area contributed by atoms with Crippen LogP contribution in [0.15, 0.2) is 29.3 Å². The maximum atomic E-state index is 8.81. The maximum absolute atomic E-state index is 8.81. The molecule has 0 atom stereocenters. The van der Waals surface area contributed by atoms with Gasteiger partial charge in [0.15, 0.2) is 5.96 Å². The van der Waals surface area contributed by atoms with Gasteiger partial charge in [-0.3, -0.25) is 4.99 Å². The molecule has 0 spiro atoms. The van der Waals surface area contributed by atoms with Gasteiger partial charge >= 0.3 is 0 Å². The number of rotatable bonds is 8. The number of ether oxygens (including phenoxy) is 2. The van der Waals surface area contributed by atoms with Crippen LogP contribution < -0.4 is 10.6 Å². The van der Waals surface area contributed by atoms with Crippen molar-refractivity contribution in [3.8, 4) is 6.07 Å². The lowest BCUT2D eigenvalue weighted by atomic mass is 10.0. The molecule has 0 amide bonds. The third kappa shape index (κ3) is 7.55. The molecule has 1 fully saturated rings. The summed E-state index contributed by atoms with van der Waals surface area (Å²) >= 11 is 0. The second-order valence-electron chi connectivity index (χ2n) is 6.15. The molecule has 1 heterocycles. The van der Waals surface area contributed by atoms with E-state index in [0.717, 1.165) is 63.8 Å². The van der Waals surface area contributed by atoms with Crippen molar-refractivity contribution in [2.75, 3.05) is 40.0 Å².